The molecule has 8 nitrogen and oxygen atoms in total. The fourth-order valence-electron chi connectivity index (χ4n) is 5.13. The second kappa shape index (κ2) is 12.9. The van der Waals surface area contributed by atoms with Crippen LogP contribution < -0.4 is 16.2 Å². The summed E-state index contributed by atoms with van der Waals surface area (Å²) in [4.78, 5) is 48.1. The van der Waals surface area contributed by atoms with E-state index in [0.29, 0.717) is 46.2 Å². The molecule has 0 radical (unpaired) electrons. The van der Waals surface area contributed by atoms with Crippen LogP contribution >= 0.6 is 0 Å². The van der Waals surface area contributed by atoms with E-state index in [4.69, 9.17) is 0 Å². The predicted octanol–water partition coefficient (Wildman–Crippen LogP) is 7.14. The number of aromatic nitrogens is 2. The van der Waals surface area contributed by atoms with E-state index >= 15 is 0 Å². The summed E-state index contributed by atoms with van der Waals surface area (Å²) in [5.41, 5.74) is -0.494. The summed E-state index contributed by atoms with van der Waals surface area (Å²) in [7, 11) is 3.93. The molecule has 0 atom stereocenters. The first-order valence-electron chi connectivity index (χ1n) is 14.1. The molecule has 0 aliphatic heterocycles. The smallest absolute Gasteiger partial charge is 0.355 e. The minimum absolute atomic E-state index is 0.122. The number of carbonyl (C=O) groups is 2. The molecule has 0 spiro atoms. The molecule has 0 bridgehead atoms. The highest BCUT2D eigenvalue weighted by molar-refractivity contribution is 6.17. The number of unbranched alkanes of at least 4 members (excludes halogenated alkanes) is 1. The van der Waals surface area contributed by atoms with Gasteiger partial charge in [-0.1, -0.05) is 18.2 Å². The van der Waals surface area contributed by atoms with Crippen molar-refractivity contribution in [1.82, 2.24) is 14.9 Å². The van der Waals surface area contributed by atoms with Gasteiger partial charge in [0.05, 0.1) is 22.2 Å². The summed E-state index contributed by atoms with van der Waals surface area (Å²) < 4.78 is 53.6. The molecular weight excluding hydrogens is 590 g/mol. The summed E-state index contributed by atoms with van der Waals surface area (Å²) >= 11 is 0. The van der Waals surface area contributed by atoms with Gasteiger partial charge in [-0.3, -0.25) is 14.4 Å². The molecule has 0 unspecified atom stereocenters. The standard InChI is InChI=1S/C33H29F4N5O3/c1-42(2)17-4-3-8-27(43)23-6-5-7-24-28(23)32(45)41-30-29(24)26(15-16-38-30)39-20-10-12-21(13-11-20)40-31(44)22-14-9-19(34)18-25(22)33(35,36)37/h5-7,9-16,18H,3-4,8,17H2,1-2H3,(H,40,44)(H2,38,39,41,45). The largest absolute Gasteiger partial charge is 0.417 e. The molecule has 5 rings (SSSR count). The lowest BCUT2D eigenvalue weighted by atomic mass is 9.97. The highest BCUT2D eigenvalue weighted by Gasteiger charge is 2.35. The van der Waals surface area contributed by atoms with E-state index in [1.54, 1.807) is 36.4 Å². The molecule has 12 heteroatoms. The first-order chi connectivity index (χ1) is 21.4. The van der Waals surface area contributed by atoms with Crippen LogP contribution in [-0.4, -0.2) is 47.2 Å². The Kier molecular flexibility index (Phi) is 8.96. The molecule has 45 heavy (non-hydrogen) atoms. The van der Waals surface area contributed by atoms with E-state index in [2.05, 4.69) is 20.6 Å². The van der Waals surface area contributed by atoms with Crippen LogP contribution in [0, 0.1) is 5.82 Å². The lowest BCUT2D eigenvalue weighted by Crippen LogP contribution is -2.19. The number of hydrogen-bond donors (Lipinski definition) is 3. The maximum Gasteiger partial charge on any atom is 0.417 e. The number of halogens is 4. The summed E-state index contributed by atoms with van der Waals surface area (Å²) in [6, 6.07) is 14.9. The molecular formula is C33H29F4N5O3. The molecule has 0 saturated heterocycles. The number of alkyl halides is 3. The van der Waals surface area contributed by atoms with Crippen LogP contribution in [-0.2, 0) is 6.18 Å². The van der Waals surface area contributed by atoms with Crippen LogP contribution in [0.15, 0.2) is 77.7 Å². The van der Waals surface area contributed by atoms with E-state index in [0.717, 1.165) is 25.1 Å². The number of nitrogens with one attached hydrogen (secondary N) is 3. The van der Waals surface area contributed by atoms with Crippen molar-refractivity contribution >= 4 is 50.6 Å². The maximum absolute atomic E-state index is 13.5. The highest BCUT2D eigenvalue weighted by atomic mass is 19.4. The summed E-state index contributed by atoms with van der Waals surface area (Å²) in [6.07, 6.45) is -1.54. The van der Waals surface area contributed by atoms with E-state index in [1.807, 2.05) is 19.0 Å². The second-order valence-corrected chi connectivity index (χ2v) is 10.8. The van der Waals surface area contributed by atoms with Gasteiger partial charge >= 0.3 is 6.18 Å². The van der Waals surface area contributed by atoms with E-state index in [-0.39, 0.29) is 22.9 Å². The molecule has 232 valence electrons. The Labute approximate surface area is 255 Å². The molecule has 0 fully saturated rings. The Morgan fingerprint density at radius 3 is 2.36 bits per heavy atom. The van der Waals surface area contributed by atoms with Gasteiger partial charge in [-0.2, -0.15) is 13.2 Å². The number of aromatic amines is 1. The van der Waals surface area contributed by atoms with Crippen molar-refractivity contribution in [2.45, 2.75) is 25.4 Å². The SMILES string of the molecule is CN(C)CCCCC(=O)c1cccc2c1c(=O)[nH]c1nccc(Nc3ccc(NC(=O)c4ccc(F)cc4C(F)(F)F)cc3)c12. The molecule has 2 aromatic heterocycles. The fraction of sp³-hybridized carbons (Fsp3) is 0.212. The summed E-state index contributed by atoms with van der Waals surface area (Å²) in [6.45, 7) is 0.856. The lowest BCUT2D eigenvalue weighted by Gasteiger charge is -2.14. The molecule has 1 amide bonds. The van der Waals surface area contributed by atoms with Gasteiger partial charge < -0.3 is 20.5 Å². The van der Waals surface area contributed by atoms with Gasteiger partial charge in [0.2, 0.25) is 0 Å². The fourth-order valence-corrected chi connectivity index (χ4v) is 5.13. The van der Waals surface area contributed by atoms with Crippen molar-refractivity contribution in [3.8, 4) is 0 Å². The third-order valence-electron chi connectivity index (χ3n) is 7.26. The monoisotopic (exact) mass is 619 g/mol. The van der Waals surface area contributed by atoms with Crippen LogP contribution in [0.4, 0.5) is 34.6 Å². The third-order valence-corrected chi connectivity index (χ3v) is 7.26. The second-order valence-electron chi connectivity index (χ2n) is 10.8. The number of anilines is 3. The molecule has 2 heterocycles. The quantitative estimate of drug-likeness (QED) is 0.0664. The van der Waals surface area contributed by atoms with Gasteiger partial charge in [-0.15, -0.1) is 0 Å². The van der Waals surface area contributed by atoms with Crippen molar-refractivity contribution in [2.75, 3.05) is 31.3 Å². The van der Waals surface area contributed by atoms with Crippen molar-refractivity contribution in [3.05, 3.63) is 106 Å². The number of Topliss-reactive ketones (excluding diaryl/α,β-unsaturated/α-hetero) is 1. The zero-order chi connectivity index (χ0) is 32.3. The molecule has 0 saturated carbocycles. The lowest BCUT2D eigenvalue weighted by molar-refractivity contribution is -0.138. The normalized spacial score (nSPS) is 11.7. The number of amides is 1. The van der Waals surface area contributed by atoms with Crippen molar-refractivity contribution in [1.29, 1.82) is 0 Å². The zero-order valence-corrected chi connectivity index (χ0v) is 24.4. The van der Waals surface area contributed by atoms with Crippen LogP contribution in [0.2, 0.25) is 0 Å². The summed E-state index contributed by atoms with van der Waals surface area (Å²) in [5, 5.41) is 7.07. The zero-order valence-electron chi connectivity index (χ0n) is 24.4. The highest BCUT2D eigenvalue weighted by Crippen LogP contribution is 2.34. The van der Waals surface area contributed by atoms with Gasteiger partial charge in [0, 0.05) is 40.3 Å². The Hall–Kier alpha value is -5.10. The van der Waals surface area contributed by atoms with Crippen molar-refractivity contribution in [2.24, 2.45) is 0 Å². The number of carbonyl (C=O) groups excluding carboxylic acids is 2. The first-order valence-corrected chi connectivity index (χ1v) is 14.1. The Bertz CT molecular complexity index is 1950. The summed E-state index contributed by atoms with van der Waals surface area (Å²) in [5.74, 6) is -2.27. The number of nitrogens with zero attached hydrogens (tertiary/aromatic N) is 2. The average Bonchev–Trinajstić information content (AvgIpc) is 2.99. The minimum atomic E-state index is -4.91. The third kappa shape index (κ3) is 7.01. The van der Waals surface area contributed by atoms with Crippen molar-refractivity contribution in [3.63, 3.8) is 0 Å². The number of H-pyrrole nitrogens is 1. The first kappa shape index (κ1) is 31.3. The Morgan fingerprint density at radius 2 is 1.64 bits per heavy atom. The Balaban J connectivity index is 1.41. The number of rotatable bonds is 10. The van der Waals surface area contributed by atoms with Crippen molar-refractivity contribution < 1.29 is 27.2 Å². The van der Waals surface area contributed by atoms with Gasteiger partial charge in [-0.25, -0.2) is 9.37 Å². The van der Waals surface area contributed by atoms with E-state index in [1.165, 1.54) is 18.3 Å². The molecule has 5 aromatic rings. The number of pyridine rings is 2. The minimum Gasteiger partial charge on any atom is -0.355 e. The number of benzene rings is 3. The van der Waals surface area contributed by atoms with Crippen LogP contribution in [0.1, 0.15) is 45.5 Å². The molecule has 0 aliphatic rings. The van der Waals surface area contributed by atoms with Crippen LogP contribution in [0.25, 0.3) is 21.8 Å². The van der Waals surface area contributed by atoms with Gasteiger partial charge in [0.25, 0.3) is 11.5 Å². The topological polar surface area (TPSA) is 107 Å². The maximum atomic E-state index is 13.5. The van der Waals surface area contributed by atoms with Crippen LogP contribution in [0.3, 0.4) is 0 Å². The number of ketones is 1. The van der Waals surface area contributed by atoms with Gasteiger partial charge in [0.1, 0.15) is 11.5 Å². The molecule has 3 aromatic carbocycles. The number of fused-ring (bicyclic) bond motifs is 3. The van der Waals surface area contributed by atoms with Gasteiger partial charge in [-0.05, 0) is 82.0 Å². The molecule has 3 N–H and O–H groups in total. The number of hydrogen-bond acceptors (Lipinski definition) is 6. The van der Waals surface area contributed by atoms with E-state index < -0.39 is 34.6 Å². The predicted molar refractivity (Wildman–Crippen MR) is 166 cm³/mol. The van der Waals surface area contributed by atoms with Crippen LogP contribution in [0.5, 0.6) is 0 Å². The average molecular weight is 620 g/mol. The van der Waals surface area contributed by atoms with E-state index in [9.17, 15) is 31.9 Å². The molecule has 0 aliphatic carbocycles. The van der Waals surface area contributed by atoms with Gasteiger partial charge in [0.15, 0.2) is 5.78 Å². The Morgan fingerprint density at radius 1 is 0.911 bits per heavy atom.